The molecule has 1 saturated heterocycles. The molecular formula is C20H23ClN2O2S. The predicted molar refractivity (Wildman–Crippen MR) is 105 cm³/mol. The smallest absolute Gasteiger partial charge is 0.251 e. The second-order valence-electron chi connectivity index (χ2n) is 7.23. The topological polar surface area (TPSA) is 50.4 Å². The fourth-order valence-corrected chi connectivity index (χ4v) is 5.78. The minimum atomic E-state index is -0.288. The summed E-state index contributed by atoms with van der Waals surface area (Å²) in [4.78, 5) is 13.3. The average Bonchev–Trinajstić information content (AvgIpc) is 3.03. The lowest BCUT2D eigenvalue weighted by molar-refractivity contribution is -0.0954. The average molecular weight is 391 g/mol. The lowest BCUT2D eigenvalue weighted by Gasteiger charge is -2.46. The molecule has 3 atom stereocenters. The highest BCUT2D eigenvalue weighted by Gasteiger charge is 2.46. The third-order valence-electron chi connectivity index (χ3n) is 5.38. The van der Waals surface area contributed by atoms with Gasteiger partial charge in [-0.2, -0.15) is 0 Å². The Bertz CT molecular complexity index is 837. The number of hydrogen-bond acceptors (Lipinski definition) is 4. The number of piperidine rings is 1. The number of carbonyl (C=O) groups excluding carboxylic acids is 1. The molecule has 2 aliphatic rings. The van der Waals surface area contributed by atoms with Crippen LogP contribution < -0.4 is 10.6 Å². The second-order valence-corrected chi connectivity index (χ2v) is 8.91. The molecule has 1 spiro atoms. The standard InChI is InChI=1S/C20H23ClN2O2S/c1-12-10-20(18-14(6-7-25-20)9-17(21)26-18)11-16(23-12)13-4-3-5-15(8-13)19(24)22-2/h3-5,8-9,12,16,23H,6-7,10-11H2,1-2H3,(H,22,24). The van der Waals surface area contributed by atoms with E-state index in [-0.39, 0.29) is 17.6 Å². The molecule has 26 heavy (non-hydrogen) atoms. The molecule has 3 heterocycles. The van der Waals surface area contributed by atoms with Crippen LogP contribution in [0, 0.1) is 0 Å². The van der Waals surface area contributed by atoms with Gasteiger partial charge >= 0.3 is 0 Å². The quantitative estimate of drug-likeness (QED) is 0.813. The van der Waals surface area contributed by atoms with Gasteiger partial charge in [0.05, 0.1) is 10.9 Å². The van der Waals surface area contributed by atoms with Crippen molar-refractivity contribution in [3.8, 4) is 0 Å². The highest BCUT2D eigenvalue weighted by atomic mass is 35.5. The van der Waals surface area contributed by atoms with Crippen molar-refractivity contribution in [1.82, 2.24) is 10.6 Å². The molecule has 0 radical (unpaired) electrons. The summed E-state index contributed by atoms with van der Waals surface area (Å²) in [5, 5.41) is 6.38. The van der Waals surface area contributed by atoms with E-state index in [1.807, 2.05) is 18.2 Å². The SMILES string of the molecule is CNC(=O)c1cccc(C2CC3(CC(C)N2)OCCc2cc(Cl)sc23)c1. The van der Waals surface area contributed by atoms with Gasteiger partial charge in [-0.15, -0.1) is 11.3 Å². The maximum absolute atomic E-state index is 12.0. The zero-order chi connectivity index (χ0) is 18.3. The number of carbonyl (C=O) groups is 1. The molecule has 4 rings (SSSR count). The number of amides is 1. The van der Waals surface area contributed by atoms with Crippen LogP contribution in [0.5, 0.6) is 0 Å². The molecule has 1 aromatic carbocycles. The van der Waals surface area contributed by atoms with Crippen molar-refractivity contribution in [3.63, 3.8) is 0 Å². The zero-order valence-corrected chi connectivity index (χ0v) is 16.5. The van der Waals surface area contributed by atoms with E-state index in [9.17, 15) is 4.79 Å². The summed E-state index contributed by atoms with van der Waals surface area (Å²) < 4.78 is 7.24. The van der Waals surface area contributed by atoms with Gasteiger partial charge in [0.25, 0.3) is 5.91 Å². The van der Waals surface area contributed by atoms with Crippen LogP contribution in [0.3, 0.4) is 0 Å². The van der Waals surface area contributed by atoms with Crippen molar-refractivity contribution in [2.24, 2.45) is 0 Å². The maximum atomic E-state index is 12.0. The Balaban J connectivity index is 1.69. The van der Waals surface area contributed by atoms with Crippen LogP contribution >= 0.6 is 22.9 Å². The molecule has 4 nitrogen and oxygen atoms in total. The Labute approximate surface area is 162 Å². The van der Waals surface area contributed by atoms with Gasteiger partial charge in [-0.25, -0.2) is 0 Å². The number of hydrogen-bond donors (Lipinski definition) is 2. The number of rotatable bonds is 2. The summed E-state index contributed by atoms with van der Waals surface area (Å²) in [5.41, 5.74) is 2.85. The first kappa shape index (κ1) is 18.0. The predicted octanol–water partition coefficient (Wildman–Crippen LogP) is 4.04. The number of benzene rings is 1. The van der Waals surface area contributed by atoms with Gasteiger partial charge in [-0.1, -0.05) is 23.7 Å². The van der Waals surface area contributed by atoms with E-state index >= 15 is 0 Å². The van der Waals surface area contributed by atoms with Crippen LogP contribution in [0.2, 0.25) is 4.34 Å². The Kier molecular flexibility index (Phi) is 4.82. The van der Waals surface area contributed by atoms with Crippen molar-refractivity contribution in [2.45, 2.75) is 43.9 Å². The van der Waals surface area contributed by atoms with E-state index in [0.717, 1.165) is 35.8 Å². The number of nitrogens with one attached hydrogen (secondary N) is 2. The Morgan fingerprint density at radius 2 is 2.23 bits per heavy atom. The van der Waals surface area contributed by atoms with E-state index in [1.165, 1.54) is 10.4 Å². The van der Waals surface area contributed by atoms with Crippen molar-refractivity contribution >= 4 is 28.8 Å². The van der Waals surface area contributed by atoms with Gasteiger partial charge in [-0.3, -0.25) is 4.79 Å². The van der Waals surface area contributed by atoms with E-state index in [1.54, 1.807) is 18.4 Å². The molecule has 1 aromatic heterocycles. The minimum Gasteiger partial charge on any atom is -0.369 e. The second kappa shape index (κ2) is 6.97. The fourth-order valence-electron chi connectivity index (χ4n) is 4.32. The highest BCUT2D eigenvalue weighted by Crippen LogP contribution is 2.50. The Hall–Kier alpha value is -1.40. The highest BCUT2D eigenvalue weighted by molar-refractivity contribution is 7.16. The van der Waals surface area contributed by atoms with E-state index in [0.29, 0.717) is 11.6 Å². The van der Waals surface area contributed by atoms with Crippen LogP contribution in [0.1, 0.15) is 52.2 Å². The maximum Gasteiger partial charge on any atom is 0.251 e. The van der Waals surface area contributed by atoms with Crippen molar-refractivity contribution in [3.05, 3.63) is 56.2 Å². The van der Waals surface area contributed by atoms with Crippen LogP contribution in [0.4, 0.5) is 0 Å². The van der Waals surface area contributed by atoms with Crippen molar-refractivity contribution in [2.75, 3.05) is 13.7 Å². The van der Waals surface area contributed by atoms with Gasteiger partial charge in [0.1, 0.15) is 5.60 Å². The van der Waals surface area contributed by atoms with Crippen LogP contribution in [0.15, 0.2) is 30.3 Å². The number of thiophene rings is 1. The first-order valence-corrected chi connectivity index (χ1v) is 10.2. The minimum absolute atomic E-state index is 0.0633. The normalized spacial score (nSPS) is 28.0. The van der Waals surface area contributed by atoms with Crippen molar-refractivity contribution in [1.29, 1.82) is 0 Å². The fraction of sp³-hybridized carbons (Fsp3) is 0.450. The van der Waals surface area contributed by atoms with E-state index in [4.69, 9.17) is 16.3 Å². The molecule has 3 unspecified atom stereocenters. The summed E-state index contributed by atoms with van der Waals surface area (Å²) in [5.74, 6) is -0.0633. The third kappa shape index (κ3) is 3.18. The summed E-state index contributed by atoms with van der Waals surface area (Å²) in [7, 11) is 1.66. The lowest BCUT2D eigenvalue weighted by Crippen LogP contribution is -2.49. The monoisotopic (exact) mass is 390 g/mol. The first-order chi connectivity index (χ1) is 12.5. The number of halogens is 1. The van der Waals surface area contributed by atoms with Gasteiger partial charge in [0.15, 0.2) is 0 Å². The summed E-state index contributed by atoms with van der Waals surface area (Å²) in [6.07, 6.45) is 2.71. The van der Waals surface area contributed by atoms with Crippen molar-refractivity contribution < 1.29 is 9.53 Å². The van der Waals surface area contributed by atoms with Gasteiger partial charge in [0.2, 0.25) is 0 Å². The summed E-state index contributed by atoms with van der Waals surface area (Å²) >= 11 is 7.97. The molecular weight excluding hydrogens is 368 g/mol. The molecule has 0 saturated carbocycles. The molecule has 1 fully saturated rings. The molecule has 6 heteroatoms. The molecule has 2 N–H and O–H groups in total. The van der Waals surface area contributed by atoms with Gasteiger partial charge in [0, 0.05) is 36.0 Å². The molecule has 138 valence electrons. The third-order valence-corrected chi connectivity index (χ3v) is 6.87. The van der Waals surface area contributed by atoms with Gasteiger partial charge in [-0.05, 0) is 49.1 Å². The van der Waals surface area contributed by atoms with E-state index < -0.39 is 0 Å². The number of fused-ring (bicyclic) bond motifs is 2. The molecule has 2 aromatic rings. The zero-order valence-electron chi connectivity index (χ0n) is 15.0. The lowest BCUT2D eigenvalue weighted by atomic mass is 9.78. The molecule has 0 bridgehead atoms. The Morgan fingerprint density at radius 3 is 3.04 bits per heavy atom. The molecule has 0 aliphatic carbocycles. The molecule has 2 aliphatic heterocycles. The van der Waals surface area contributed by atoms with Crippen LogP contribution in [-0.4, -0.2) is 25.6 Å². The van der Waals surface area contributed by atoms with E-state index in [2.05, 4.69) is 29.7 Å². The first-order valence-electron chi connectivity index (χ1n) is 9.01. The Morgan fingerprint density at radius 1 is 1.38 bits per heavy atom. The summed E-state index contributed by atoms with van der Waals surface area (Å²) in [6.45, 7) is 2.93. The molecule has 1 amide bonds. The van der Waals surface area contributed by atoms with Crippen LogP contribution in [0.25, 0.3) is 0 Å². The summed E-state index contributed by atoms with van der Waals surface area (Å²) in [6, 6.07) is 10.4. The van der Waals surface area contributed by atoms with Gasteiger partial charge < -0.3 is 15.4 Å². The van der Waals surface area contributed by atoms with Crippen LogP contribution in [-0.2, 0) is 16.8 Å². The number of ether oxygens (including phenoxy) is 1. The largest absolute Gasteiger partial charge is 0.369 e.